The number of pyridine rings is 1. The van der Waals surface area contributed by atoms with Crippen LogP contribution in [0, 0.1) is 11.3 Å². The molecule has 3 aromatic rings. The maximum atomic E-state index is 14.6. The van der Waals surface area contributed by atoms with Gasteiger partial charge in [-0.1, -0.05) is 23.2 Å². The smallest absolute Gasteiger partial charge is 0.416 e. The van der Waals surface area contributed by atoms with Crippen LogP contribution in [-0.2, 0) is 16.3 Å². The van der Waals surface area contributed by atoms with Gasteiger partial charge in [0.2, 0.25) is 0 Å². The predicted molar refractivity (Wildman–Crippen MR) is 117 cm³/mol. The quantitative estimate of drug-likeness (QED) is 0.337. The number of nitrogens with zero attached hydrogens (tertiary/aromatic N) is 4. The monoisotopic (exact) mass is 599 g/mol. The Morgan fingerprint density at radius 3 is 2.08 bits per heavy atom. The van der Waals surface area contributed by atoms with Gasteiger partial charge in [0.25, 0.3) is 5.92 Å². The van der Waals surface area contributed by atoms with Crippen LogP contribution in [0.3, 0.4) is 0 Å². The molecule has 2 atom stereocenters. The van der Waals surface area contributed by atoms with E-state index in [1.807, 2.05) is 0 Å². The van der Waals surface area contributed by atoms with Gasteiger partial charge in [-0.2, -0.15) is 36.7 Å². The molecule has 1 amide bonds. The number of nitriles is 1. The van der Waals surface area contributed by atoms with E-state index in [4.69, 9.17) is 33.7 Å². The van der Waals surface area contributed by atoms with Gasteiger partial charge in [0, 0.05) is 29.9 Å². The second-order valence-electron chi connectivity index (χ2n) is 8.30. The van der Waals surface area contributed by atoms with E-state index >= 15 is 0 Å². The lowest BCUT2D eigenvalue weighted by Crippen LogP contribution is -2.37. The van der Waals surface area contributed by atoms with Crippen LogP contribution in [0.1, 0.15) is 40.6 Å². The van der Waals surface area contributed by atoms with Crippen LogP contribution in [-0.4, -0.2) is 33.0 Å². The van der Waals surface area contributed by atoms with Crippen molar-refractivity contribution in [2.24, 2.45) is 5.73 Å². The molecular weight excluding hydrogens is 589 g/mol. The summed E-state index contributed by atoms with van der Waals surface area (Å²) in [5, 5.41) is 11.7. The van der Waals surface area contributed by atoms with Gasteiger partial charge in [0.15, 0.2) is 17.2 Å². The Morgan fingerprint density at radius 1 is 1.13 bits per heavy atom. The maximum Gasteiger partial charge on any atom is 0.416 e. The second-order valence-corrected chi connectivity index (χ2v) is 9.11. The first-order valence-corrected chi connectivity index (χ1v) is 11.1. The molecule has 1 aliphatic carbocycles. The minimum Gasteiger partial charge on any atom is -0.435 e. The molecular formula is C22H11Cl2F8N5O2. The first-order valence-electron chi connectivity index (χ1n) is 10.4. The van der Waals surface area contributed by atoms with Gasteiger partial charge < -0.3 is 10.5 Å². The average molecular weight is 600 g/mol. The lowest BCUT2D eigenvalue weighted by Gasteiger charge is -2.25. The zero-order valence-corrected chi connectivity index (χ0v) is 20.2. The molecule has 1 fully saturated rings. The molecule has 7 nitrogen and oxygen atoms in total. The van der Waals surface area contributed by atoms with Gasteiger partial charge in [-0.3, -0.25) is 4.98 Å². The number of hydrogen-bond acceptors (Lipinski definition) is 5. The van der Waals surface area contributed by atoms with Crippen molar-refractivity contribution in [3.8, 4) is 11.8 Å². The van der Waals surface area contributed by atoms with Crippen LogP contribution >= 0.6 is 23.2 Å². The number of carbonyl (C=O) groups excluding carboxylic acids is 1. The number of aromatic nitrogens is 3. The van der Waals surface area contributed by atoms with E-state index in [9.17, 15) is 45.2 Å². The van der Waals surface area contributed by atoms with Crippen molar-refractivity contribution in [2.45, 2.75) is 36.2 Å². The number of benzene rings is 1. The van der Waals surface area contributed by atoms with Crippen molar-refractivity contribution in [3.63, 3.8) is 0 Å². The van der Waals surface area contributed by atoms with Crippen LogP contribution in [0.2, 0.25) is 10.0 Å². The maximum absolute atomic E-state index is 14.6. The summed E-state index contributed by atoms with van der Waals surface area (Å²) in [5.74, 6) is -4.44. The molecule has 1 saturated carbocycles. The molecule has 2 aromatic heterocycles. The minimum absolute atomic E-state index is 0.170. The summed E-state index contributed by atoms with van der Waals surface area (Å²) in [6.45, 7) is 0. The van der Waals surface area contributed by atoms with Gasteiger partial charge in [0.05, 0.1) is 21.3 Å². The normalized spacial score (nSPS) is 19.3. The van der Waals surface area contributed by atoms with E-state index in [0.29, 0.717) is 16.8 Å². The summed E-state index contributed by atoms with van der Waals surface area (Å²) in [6, 6.07) is 4.28. The Labute approximate surface area is 222 Å². The molecule has 1 aliphatic rings. The zero-order valence-electron chi connectivity index (χ0n) is 18.7. The minimum atomic E-state index is -5.67. The Morgan fingerprint density at radius 2 is 1.67 bits per heavy atom. The number of rotatable bonds is 5. The number of amides is 1. The van der Waals surface area contributed by atoms with Crippen molar-refractivity contribution in [2.75, 3.05) is 0 Å². The van der Waals surface area contributed by atoms with Crippen LogP contribution in [0.15, 0.2) is 36.7 Å². The Balaban J connectivity index is 2.17. The first-order chi connectivity index (χ1) is 18.0. The molecule has 1 aromatic carbocycles. The van der Waals surface area contributed by atoms with E-state index in [-0.39, 0.29) is 5.56 Å². The molecule has 2 N–H and O–H groups in total. The number of halogens is 10. The highest BCUT2D eigenvalue weighted by Gasteiger charge is 2.86. The van der Waals surface area contributed by atoms with Gasteiger partial charge >= 0.3 is 18.4 Å². The highest BCUT2D eigenvalue weighted by Crippen LogP contribution is 2.70. The molecule has 0 radical (unpaired) electrons. The van der Waals surface area contributed by atoms with Gasteiger partial charge in [-0.25, -0.2) is 18.3 Å². The second kappa shape index (κ2) is 9.23. The van der Waals surface area contributed by atoms with Crippen LogP contribution in [0.25, 0.3) is 5.69 Å². The van der Waals surface area contributed by atoms with E-state index in [1.165, 1.54) is 6.07 Å². The highest BCUT2D eigenvalue weighted by atomic mass is 35.5. The Kier molecular flexibility index (Phi) is 6.72. The summed E-state index contributed by atoms with van der Waals surface area (Å²) >= 11 is 12.1. The fourth-order valence-electron chi connectivity index (χ4n) is 4.22. The summed E-state index contributed by atoms with van der Waals surface area (Å²) in [4.78, 5) is 15.5. The molecule has 0 saturated heterocycles. The third-order valence-electron chi connectivity index (χ3n) is 5.97. The third-order valence-corrected chi connectivity index (χ3v) is 6.55. The van der Waals surface area contributed by atoms with Crippen LogP contribution in [0.4, 0.5) is 39.9 Å². The first kappa shape index (κ1) is 28.4. The molecule has 17 heteroatoms. The number of ether oxygens (including phenoxy) is 1. The van der Waals surface area contributed by atoms with Crippen molar-refractivity contribution in [3.05, 3.63) is 74.8 Å². The molecule has 4 rings (SSSR count). The average Bonchev–Trinajstić information content (AvgIpc) is 3.23. The fourth-order valence-corrected chi connectivity index (χ4v) is 4.87. The van der Waals surface area contributed by atoms with E-state index in [0.717, 1.165) is 24.5 Å². The van der Waals surface area contributed by atoms with Gasteiger partial charge in [-0.05, 0) is 24.3 Å². The van der Waals surface area contributed by atoms with Crippen LogP contribution < -0.4 is 5.73 Å². The highest BCUT2D eigenvalue weighted by molar-refractivity contribution is 6.37. The summed E-state index contributed by atoms with van der Waals surface area (Å²) in [6.07, 6.45) is -13.8. The fraction of sp³-hybridized carbons (Fsp3) is 0.273. The lowest BCUT2D eigenvalue weighted by atomic mass is 9.88. The van der Waals surface area contributed by atoms with Crippen molar-refractivity contribution in [1.29, 1.82) is 5.26 Å². The summed E-state index contributed by atoms with van der Waals surface area (Å²) < 4.78 is 117. The Bertz CT molecular complexity index is 1480. The van der Waals surface area contributed by atoms with E-state index in [1.54, 1.807) is 0 Å². The standard InChI is InChI=1S/C22H11Cl2F8N5O2/c23-11-5-10(21(27,28)29)6-12(24)15(11)37-16(17(39-18(34)38)9-1-3-35-4-2-9)14(13(7-33)36-37)19(22(30,31)32)8-20(19,25)26/h1-6,17H,8H2,(H2,34,38). The van der Waals surface area contributed by atoms with Crippen LogP contribution in [0.5, 0.6) is 0 Å². The topological polar surface area (TPSA) is 107 Å². The number of nitrogens with two attached hydrogens (primary N) is 1. The molecule has 2 heterocycles. The molecule has 0 spiro atoms. The number of primary amides is 1. The molecule has 0 bridgehead atoms. The van der Waals surface area contributed by atoms with E-state index in [2.05, 4.69) is 10.1 Å². The Hall–Kier alpha value is -3.64. The molecule has 206 valence electrons. The van der Waals surface area contributed by atoms with Crippen molar-refractivity contribution < 1.29 is 44.7 Å². The van der Waals surface area contributed by atoms with E-state index < -0.39 is 80.6 Å². The molecule has 2 unspecified atom stereocenters. The SMILES string of the molecule is N#Cc1nn(-c2c(Cl)cc(C(F)(F)F)cc2Cl)c(C(OC(N)=O)c2ccncc2)c1C1(C(F)(F)F)CC1(F)F. The summed E-state index contributed by atoms with van der Waals surface area (Å²) in [7, 11) is 0. The summed E-state index contributed by atoms with van der Waals surface area (Å²) in [5.41, 5.74) is -4.67. The van der Waals surface area contributed by atoms with Gasteiger partial charge in [-0.15, -0.1) is 0 Å². The number of alkyl halides is 8. The molecule has 39 heavy (non-hydrogen) atoms. The predicted octanol–water partition coefficient (Wildman–Crippen LogP) is 6.49. The van der Waals surface area contributed by atoms with Crippen molar-refractivity contribution in [1.82, 2.24) is 14.8 Å². The largest absolute Gasteiger partial charge is 0.435 e. The lowest BCUT2D eigenvalue weighted by molar-refractivity contribution is -0.182. The third kappa shape index (κ3) is 4.61. The molecule has 0 aliphatic heterocycles. The number of hydrogen-bond donors (Lipinski definition) is 1. The zero-order chi connectivity index (χ0) is 29.1. The van der Waals surface area contributed by atoms with Crippen molar-refractivity contribution >= 4 is 29.3 Å². The number of carbonyl (C=O) groups is 1. The van der Waals surface area contributed by atoms with Gasteiger partial charge in [0.1, 0.15) is 11.8 Å².